The first-order chi connectivity index (χ1) is 11.1. The van der Waals surface area contributed by atoms with E-state index in [4.69, 9.17) is 21.1 Å². The van der Waals surface area contributed by atoms with Crippen molar-refractivity contribution in [3.8, 4) is 0 Å². The largest absolute Gasteiger partial charge is 0.444 e. The van der Waals surface area contributed by atoms with E-state index in [-0.39, 0.29) is 36.3 Å². The first-order valence-electron chi connectivity index (χ1n) is 7.59. The molecule has 0 radical (unpaired) electrons. The molecule has 6 nitrogen and oxygen atoms in total. The Bertz CT molecular complexity index is 615. The van der Waals surface area contributed by atoms with E-state index in [0.717, 1.165) is 0 Å². The van der Waals surface area contributed by atoms with Crippen LogP contribution in [0, 0.1) is 5.95 Å². The van der Waals surface area contributed by atoms with Crippen molar-refractivity contribution in [2.24, 2.45) is 0 Å². The van der Waals surface area contributed by atoms with Crippen molar-refractivity contribution in [1.29, 1.82) is 0 Å². The van der Waals surface area contributed by atoms with Crippen LogP contribution >= 0.6 is 11.6 Å². The second-order valence-corrected chi connectivity index (χ2v) is 7.32. The number of nitrogens with zero attached hydrogens (tertiary/aromatic N) is 2. The Hall–Kier alpha value is -1.44. The molecule has 1 N–H and O–H groups in total. The van der Waals surface area contributed by atoms with Crippen molar-refractivity contribution in [3.63, 3.8) is 0 Å². The Balaban J connectivity index is 2.10. The van der Waals surface area contributed by atoms with Gasteiger partial charge in [0.15, 0.2) is 0 Å². The molecule has 1 aliphatic carbocycles. The standard InChI is InChI=1S/C16H22ClFN2O4/c1-15(2,3)24-14(21)20(9-23-4)10-7-16(22,8-10)11-5-6-12(17)19-13(11)18/h5-6,10,22H,7-9H2,1-4H3/t10-,16+. The van der Waals surface area contributed by atoms with Crippen molar-refractivity contribution in [2.75, 3.05) is 13.8 Å². The molecule has 2 rings (SSSR count). The topological polar surface area (TPSA) is 71.9 Å². The Morgan fingerprint density at radius 2 is 2.12 bits per heavy atom. The predicted octanol–water partition coefficient (Wildman–Crippen LogP) is 3.07. The van der Waals surface area contributed by atoms with Gasteiger partial charge < -0.3 is 14.6 Å². The van der Waals surface area contributed by atoms with Gasteiger partial charge in [0.1, 0.15) is 17.5 Å². The van der Waals surface area contributed by atoms with Crippen LogP contribution in [0.5, 0.6) is 0 Å². The van der Waals surface area contributed by atoms with Crippen LogP contribution in [-0.4, -0.2) is 46.6 Å². The number of aromatic nitrogens is 1. The lowest BCUT2D eigenvalue weighted by molar-refractivity contribution is -0.116. The van der Waals surface area contributed by atoms with Gasteiger partial charge in [-0.15, -0.1) is 0 Å². The van der Waals surface area contributed by atoms with E-state index in [2.05, 4.69) is 4.98 Å². The van der Waals surface area contributed by atoms with E-state index < -0.39 is 23.2 Å². The molecular formula is C16H22ClFN2O4. The van der Waals surface area contributed by atoms with Crippen molar-refractivity contribution in [1.82, 2.24) is 9.88 Å². The number of rotatable bonds is 4. The summed E-state index contributed by atoms with van der Waals surface area (Å²) >= 11 is 5.63. The van der Waals surface area contributed by atoms with Crippen molar-refractivity contribution < 1.29 is 23.8 Å². The molecule has 1 heterocycles. The highest BCUT2D eigenvalue weighted by Gasteiger charge is 2.50. The first kappa shape index (κ1) is 18.9. The second-order valence-electron chi connectivity index (χ2n) is 6.93. The van der Waals surface area contributed by atoms with Crippen molar-refractivity contribution in [3.05, 3.63) is 28.8 Å². The third-order valence-corrected chi connectivity index (χ3v) is 4.01. The monoisotopic (exact) mass is 360 g/mol. The number of halogens is 2. The molecule has 1 aromatic rings. The molecule has 0 unspecified atom stereocenters. The van der Waals surface area contributed by atoms with Crippen LogP contribution in [0.15, 0.2) is 12.1 Å². The van der Waals surface area contributed by atoms with Crippen LogP contribution < -0.4 is 0 Å². The summed E-state index contributed by atoms with van der Waals surface area (Å²) in [6, 6.07) is 2.51. The fraction of sp³-hybridized carbons (Fsp3) is 0.625. The van der Waals surface area contributed by atoms with E-state index in [1.54, 1.807) is 20.8 Å². The molecule has 1 amide bonds. The SMILES string of the molecule is COCN(C(=O)OC(C)(C)C)[C@H]1C[C@](O)(c2ccc(Cl)nc2F)C1. The number of aliphatic hydroxyl groups is 1. The van der Waals surface area contributed by atoms with Gasteiger partial charge in [0.2, 0.25) is 5.95 Å². The number of methoxy groups -OCH3 is 1. The van der Waals surface area contributed by atoms with Gasteiger partial charge in [-0.25, -0.2) is 9.78 Å². The third kappa shape index (κ3) is 4.15. The average molecular weight is 361 g/mol. The minimum atomic E-state index is -1.39. The zero-order chi connectivity index (χ0) is 18.1. The van der Waals surface area contributed by atoms with Crippen LogP contribution in [0.2, 0.25) is 5.15 Å². The lowest BCUT2D eigenvalue weighted by atomic mass is 9.71. The Labute approximate surface area is 145 Å². The van der Waals surface area contributed by atoms with Crippen molar-refractivity contribution >= 4 is 17.7 Å². The van der Waals surface area contributed by atoms with Crippen LogP contribution in [0.4, 0.5) is 9.18 Å². The highest BCUT2D eigenvalue weighted by Crippen LogP contribution is 2.45. The molecule has 0 atom stereocenters. The summed E-state index contributed by atoms with van der Waals surface area (Å²) in [6.07, 6.45) is -0.211. The molecular weight excluding hydrogens is 339 g/mol. The summed E-state index contributed by atoms with van der Waals surface area (Å²) in [4.78, 5) is 17.2. The molecule has 134 valence electrons. The summed E-state index contributed by atoms with van der Waals surface area (Å²) in [7, 11) is 1.46. The van der Waals surface area contributed by atoms with E-state index >= 15 is 0 Å². The number of carbonyl (C=O) groups is 1. The summed E-state index contributed by atoms with van der Waals surface area (Å²) < 4.78 is 24.3. The fourth-order valence-corrected chi connectivity index (χ4v) is 2.82. The van der Waals surface area contributed by atoms with Gasteiger partial charge in [0, 0.05) is 31.6 Å². The highest BCUT2D eigenvalue weighted by atomic mass is 35.5. The van der Waals surface area contributed by atoms with Gasteiger partial charge in [-0.1, -0.05) is 11.6 Å². The van der Waals surface area contributed by atoms with Crippen LogP contribution in [-0.2, 0) is 15.1 Å². The van der Waals surface area contributed by atoms with Crippen LogP contribution in [0.1, 0.15) is 39.2 Å². The van der Waals surface area contributed by atoms with E-state index in [0.29, 0.717) is 0 Å². The minimum absolute atomic E-state index is 0.0190. The maximum Gasteiger partial charge on any atom is 0.412 e. The minimum Gasteiger partial charge on any atom is -0.444 e. The number of ether oxygens (including phenoxy) is 2. The normalized spacial score (nSPS) is 23.5. The Kier molecular flexibility index (Phi) is 5.37. The van der Waals surface area contributed by atoms with Gasteiger partial charge in [0.25, 0.3) is 0 Å². The third-order valence-electron chi connectivity index (χ3n) is 3.80. The molecule has 1 saturated carbocycles. The van der Waals surface area contributed by atoms with Gasteiger partial charge in [0.05, 0.1) is 5.60 Å². The van der Waals surface area contributed by atoms with Crippen LogP contribution in [0.3, 0.4) is 0 Å². The molecule has 0 aromatic carbocycles. The molecule has 0 aliphatic heterocycles. The number of hydrogen-bond acceptors (Lipinski definition) is 5. The zero-order valence-corrected chi connectivity index (χ0v) is 14.9. The van der Waals surface area contributed by atoms with Gasteiger partial charge >= 0.3 is 6.09 Å². The first-order valence-corrected chi connectivity index (χ1v) is 7.97. The van der Waals surface area contributed by atoms with E-state index in [9.17, 15) is 14.3 Å². The summed E-state index contributed by atoms with van der Waals surface area (Å²) in [5.41, 5.74) is -1.96. The van der Waals surface area contributed by atoms with Crippen LogP contribution in [0.25, 0.3) is 0 Å². The quantitative estimate of drug-likeness (QED) is 0.660. The maximum atomic E-state index is 13.9. The maximum absolute atomic E-state index is 13.9. The number of pyridine rings is 1. The molecule has 1 aliphatic rings. The summed E-state index contributed by atoms with van der Waals surface area (Å²) in [5, 5.41) is 10.6. The second kappa shape index (κ2) is 6.82. The molecule has 0 saturated heterocycles. The average Bonchev–Trinajstić information content (AvgIpc) is 2.39. The lowest BCUT2D eigenvalue weighted by Gasteiger charge is -2.48. The fourth-order valence-electron chi connectivity index (χ4n) is 2.69. The number of hydrogen-bond donors (Lipinski definition) is 1. The summed E-state index contributed by atoms with van der Waals surface area (Å²) in [6.45, 7) is 5.32. The summed E-state index contributed by atoms with van der Waals surface area (Å²) in [5.74, 6) is -0.806. The molecule has 1 aromatic heterocycles. The van der Waals surface area contributed by atoms with E-state index in [1.165, 1.54) is 24.1 Å². The smallest absolute Gasteiger partial charge is 0.412 e. The molecule has 1 fully saturated rings. The highest BCUT2D eigenvalue weighted by molar-refractivity contribution is 6.29. The number of amides is 1. The zero-order valence-electron chi connectivity index (χ0n) is 14.2. The van der Waals surface area contributed by atoms with Crippen molar-refractivity contribution in [2.45, 2.75) is 50.9 Å². The predicted molar refractivity (Wildman–Crippen MR) is 86.1 cm³/mol. The lowest BCUT2D eigenvalue weighted by Crippen LogP contribution is -2.56. The van der Waals surface area contributed by atoms with Gasteiger partial charge in [-0.3, -0.25) is 4.90 Å². The molecule has 24 heavy (non-hydrogen) atoms. The number of carbonyl (C=O) groups excluding carboxylic acids is 1. The molecule has 0 bridgehead atoms. The van der Waals surface area contributed by atoms with Gasteiger partial charge in [-0.05, 0) is 32.9 Å². The Morgan fingerprint density at radius 3 is 2.62 bits per heavy atom. The van der Waals surface area contributed by atoms with Gasteiger partial charge in [-0.2, -0.15) is 4.39 Å². The molecule has 0 spiro atoms. The molecule has 8 heteroatoms. The Morgan fingerprint density at radius 1 is 1.50 bits per heavy atom. The van der Waals surface area contributed by atoms with E-state index in [1.807, 2.05) is 0 Å².